The molecule has 0 radical (unpaired) electrons. The van der Waals surface area contributed by atoms with Crippen molar-refractivity contribution < 1.29 is 9.90 Å². The standard InChI is InChI=1S/C11H13N3O2/c1-3-10(11(15)16)14(2)9-5-4-8(6-12)13-7-9/h4-5,7,10H,3H2,1-2H3,(H,15,16). The number of nitrogens with zero attached hydrogens (tertiary/aromatic N) is 3. The number of carbonyl (C=O) groups is 1. The van der Waals surface area contributed by atoms with Gasteiger partial charge in [-0.25, -0.2) is 9.78 Å². The van der Waals surface area contributed by atoms with Crippen molar-refractivity contribution in [2.45, 2.75) is 19.4 Å². The number of aliphatic carboxylic acids is 1. The summed E-state index contributed by atoms with van der Waals surface area (Å²) >= 11 is 0. The highest BCUT2D eigenvalue weighted by Crippen LogP contribution is 2.15. The van der Waals surface area contributed by atoms with Gasteiger partial charge in [0.15, 0.2) is 0 Å². The normalized spacial score (nSPS) is 11.6. The molecule has 84 valence electrons. The minimum Gasteiger partial charge on any atom is -0.480 e. The smallest absolute Gasteiger partial charge is 0.326 e. The summed E-state index contributed by atoms with van der Waals surface area (Å²) in [5.41, 5.74) is 1.01. The molecule has 0 saturated heterocycles. The zero-order chi connectivity index (χ0) is 12.1. The van der Waals surface area contributed by atoms with Crippen molar-refractivity contribution in [1.29, 1.82) is 5.26 Å². The molecule has 0 amide bonds. The van der Waals surface area contributed by atoms with Crippen molar-refractivity contribution in [2.75, 3.05) is 11.9 Å². The van der Waals surface area contributed by atoms with Gasteiger partial charge in [-0.1, -0.05) is 6.92 Å². The summed E-state index contributed by atoms with van der Waals surface area (Å²) in [7, 11) is 1.70. The van der Waals surface area contributed by atoms with Crippen LogP contribution in [0.3, 0.4) is 0 Å². The molecule has 1 heterocycles. The van der Waals surface area contributed by atoms with E-state index in [1.54, 1.807) is 24.1 Å². The van der Waals surface area contributed by atoms with Gasteiger partial charge in [0.2, 0.25) is 0 Å². The number of nitriles is 1. The second-order valence-electron chi connectivity index (χ2n) is 3.39. The lowest BCUT2D eigenvalue weighted by Gasteiger charge is -2.25. The Morgan fingerprint density at radius 2 is 2.38 bits per heavy atom. The highest BCUT2D eigenvalue weighted by Gasteiger charge is 2.20. The minimum atomic E-state index is -0.866. The van der Waals surface area contributed by atoms with Crippen molar-refractivity contribution in [2.24, 2.45) is 0 Å². The zero-order valence-electron chi connectivity index (χ0n) is 9.21. The maximum absolute atomic E-state index is 11.0. The fraction of sp³-hybridized carbons (Fsp3) is 0.364. The molecule has 0 aliphatic heterocycles. The van der Waals surface area contributed by atoms with Crippen LogP contribution in [0.5, 0.6) is 0 Å². The highest BCUT2D eigenvalue weighted by molar-refractivity contribution is 5.77. The summed E-state index contributed by atoms with van der Waals surface area (Å²) in [5.74, 6) is -0.866. The van der Waals surface area contributed by atoms with Gasteiger partial charge in [0.25, 0.3) is 0 Å². The van der Waals surface area contributed by atoms with Crippen LogP contribution in [0.15, 0.2) is 18.3 Å². The number of carboxylic acid groups (broad SMARTS) is 1. The molecule has 1 rings (SSSR count). The third-order valence-electron chi connectivity index (χ3n) is 2.41. The maximum Gasteiger partial charge on any atom is 0.326 e. The summed E-state index contributed by atoms with van der Waals surface area (Å²) in [4.78, 5) is 16.5. The third-order valence-corrected chi connectivity index (χ3v) is 2.41. The Morgan fingerprint density at radius 1 is 1.69 bits per heavy atom. The van der Waals surface area contributed by atoms with Gasteiger partial charge in [-0.05, 0) is 18.6 Å². The molecule has 0 bridgehead atoms. The molecular formula is C11H13N3O2. The maximum atomic E-state index is 11.0. The van der Waals surface area contributed by atoms with Gasteiger partial charge in [-0.15, -0.1) is 0 Å². The summed E-state index contributed by atoms with van der Waals surface area (Å²) < 4.78 is 0. The molecule has 5 heteroatoms. The van der Waals surface area contributed by atoms with Gasteiger partial charge >= 0.3 is 5.97 Å². The van der Waals surface area contributed by atoms with Crippen LogP contribution in [-0.4, -0.2) is 29.1 Å². The summed E-state index contributed by atoms with van der Waals surface area (Å²) in [6.07, 6.45) is 2.01. The molecule has 1 unspecified atom stereocenters. The van der Waals surface area contributed by atoms with Crippen molar-refractivity contribution in [3.05, 3.63) is 24.0 Å². The number of aromatic nitrogens is 1. The zero-order valence-corrected chi connectivity index (χ0v) is 9.21. The molecule has 0 aliphatic carbocycles. The van der Waals surface area contributed by atoms with E-state index in [0.29, 0.717) is 17.8 Å². The van der Waals surface area contributed by atoms with Gasteiger partial charge in [-0.3, -0.25) is 0 Å². The van der Waals surface area contributed by atoms with E-state index in [9.17, 15) is 4.79 Å². The molecule has 1 aromatic heterocycles. The Labute approximate surface area is 93.9 Å². The number of rotatable bonds is 4. The van der Waals surface area contributed by atoms with E-state index in [-0.39, 0.29) is 0 Å². The predicted molar refractivity (Wildman–Crippen MR) is 59.1 cm³/mol. The SMILES string of the molecule is CCC(C(=O)O)N(C)c1ccc(C#N)nc1. The van der Waals surface area contributed by atoms with Crippen molar-refractivity contribution >= 4 is 11.7 Å². The van der Waals surface area contributed by atoms with E-state index in [1.807, 2.05) is 13.0 Å². The van der Waals surface area contributed by atoms with E-state index in [1.165, 1.54) is 6.20 Å². The topological polar surface area (TPSA) is 77.2 Å². The average molecular weight is 219 g/mol. The van der Waals surface area contributed by atoms with Crippen LogP contribution in [0.1, 0.15) is 19.0 Å². The van der Waals surface area contributed by atoms with Crippen molar-refractivity contribution in [3.8, 4) is 6.07 Å². The molecule has 1 aromatic rings. The first-order valence-electron chi connectivity index (χ1n) is 4.92. The van der Waals surface area contributed by atoms with Crippen LogP contribution in [0.25, 0.3) is 0 Å². The first-order chi connectivity index (χ1) is 7.60. The van der Waals surface area contributed by atoms with Gasteiger partial charge < -0.3 is 10.0 Å². The van der Waals surface area contributed by atoms with Gasteiger partial charge in [0, 0.05) is 7.05 Å². The molecular weight excluding hydrogens is 206 g/mol. The van der Waals surface area contributed by atoms with Crippen molar-refractivity contribution in [1.82, 2.24) is 4.98 Å². The third kappa shape index (κ3) is 2.48. The molecule has 16 heavy (non-hydrogen) atoms. The Morgan fingerprint density at radius 3 is 2.75 bits per heavy atom. The summed E-state index contributed by atoms with van der Waals surface area (Å²) in [5, 5.41) is 17.6. The van der Waals surface area contributed by atoms with Gasteiger partial charge in [0.1, 0.15) is 17.8 Å². The monoisotopic (exact) mass is 219 g/mol. The first kappa shape index (κ1) is 12.0. The second-order valence-corrected chi connectivity index (χ2v) is 3.39. The number of carboxylic acids is 1. The van der Waals surface area contributed by atoms with Crippen LogP contribution in [0, 0.1) is 11.3 Å². The number of anilines is 1. The van der Waals surface area contributed by atoms with Crippen LogP contribution >= 0.6 is 0 Å². The van der Waals surface area contributed by atoms with E-state index in [4.69, 9.17) is 10.4 Å². The van der Waals surface area contributed by atoms with Crippen LogP contribution in [0.4, 0.5) is 5.69 Å². The molecule has 0 aliphatic rings. The summed E-state index contributed by atoms with van der Waals surface area (Å²) in [6.45, 7) is 1.81. The van der Waals surface area contributed by atoms with Crippen LogP contribution in [-0.2, 0) is 4.79 Å². The van der Waals surface area contributed by atoms with E-state index in [2.05, 4.69) is 4.98 Å². The van der Waals surface area contributed by atoms with Crippen LogP contribution in [0.2, 0.25) is 0 Å². The Hall–Kier alpha value is -2.09. The van der Waals surface area contributed by atoms with Gasteiger partial charge in [-0.2, -0.15) is 5.26 Å². The molecule has 0 spiro atoms. The van der Waals surface area contributed by atoms with E-state index < -0.39 is 12.0 Å². The highest BCUT2D eigenvalue weighted by atomic mass is 16.4. The number of hydrogen-bond acceptors (Lipinski definition) is 4. The molecule has 1 N–H and O–H groups in total. The Kier molecular flexibility index (Phi) is 3.84. The molecule has 0 aromatic carbocycles. The number of likely N-dealkylation sites (N-methyl/N-ethyl adjacent to an activating group) is 1. The van der Waals surface area contributed by atoms with Gasteiger partial charge in [0.05, 0.1) is 11.9 Å². The van der Waals surface area contributed by atoms with E-state index in [0.717, 1.165) is 0 Å². The molecule has 1 atom stereocenters. The minimum absolute atomic E-state index is 0.320. The lowest BCUT2D eigenvalue weighted by atomic mass is 10.2. The van der Waals surface area contributed by atoms with Crippen molar-refractivity contribution in [3.63, 3.8) is 0 Å². The quantitative estimate of drug-likeness (QED) is 0.824. The average Bonchev–Trinajstić information content (AvgIpc) is 2.29. The largest absolute Gasteiger partial charge is 0.480 e. The lowest BCUT2D eigenvalue weighted by molar-refractivity contribution is -0.138. The molecule has 0 fully saturated rings. The summed E-state index contributed by atoms with van der Waals surface area (Å²) in [6, 6.07) is 4.60. The molecule has 0 saturated carbocycles. The van der Waals surface area contributed by atoms with E-state index >= 15 is 0 Å². The molecule has 5 nitrogen and oxygen atoms in total. The van der Waals surface area contributed by atoms with Crippen LogP contribution < -0.4 is 4.90 Å². The fourth-order valence-electron chi connectivity index (χ4n) is 1.45. The lowest BCUT2D eigenvalue weighted by Crippen LogP contribution is -2.37. The predicted octanol–water partition coefficient (Wildman–Crippen LogP) is 1.25. The Bertz CT molecular complexity index is 408. The Balaban J connectivity index is 2.91. The fourth-order valence-corrected chi connectivity index (χ4v) is 1.45. The second kappa shape index (κ2) is 5.12. The first-order valence-corrected chi connectivity index (χ1v) is 4.92. The number of hydrogen-bond donors (Lipinski definition) is 1. The number of pyridine rings is 1.